The Morgan fingerprint density at radius 3 is 2.42 bits per heavy atom. The molecule has 0 unspecified atom stereocenters. The number of sulfone groups is 1. The summed E-state index contributed by atoms with van der Waals surface area (Å²) in [5.41, 5.74) is 0.791. The molecule has 1 rings (SSSR count). The summed E-state index contributed by atoms with van der Waals surface area (Å²) in [4.78, 5) is 12.5. The molecule has 0 aliphatic heterocycles. The predicted octanol–water partition coefficient (Wildman–Crippen LogP) is 1.40. The standard InChI is InChI=1S/C13H19NO4S/c1-2-19(17,18)10-6-9-14(11-13(15)16)12-7-4-3-5-8-12/h3-5,7-8H,2,6,9-11H2,1H3,(H,15,16). The quantitative estimate of drug-likeness (QED) is 0.781. The molecule has 0 saturated carbocycles. The summed E-state index contributed by atoms with van der Waals surface area (Å²) in [6.07, 6.45) is 0.429. The maximum absolute atomic E-state index is 11.4. The summed E-state index contributed by atoms with van der Waals surface area (Å²) in [5, 5.41) is 8.89. The van der Waals surface area contributed by atoms with Gasteiger partial charge in [-0.3, -0.25) is 4.79 Å². The Labute approximate surface area is 113 Å². The topological polar surface area (TPSA) is 74.7 Å². The number of rotatable bonds is 8. The Bertz CT molecular complexity index is 499. The lowest BCUT2D eigenvalue weighted by Crippen LogP contribution is -2.31. The van der Waals surface area contributed by atoms with Crippen LogP contribution in [0.15, 0.2) is 30.3 Å². The molecule has 0 heterocycles. The lowest BCUT2D eigenvalue weighted by molar-refractivity contribution is -0.135. The van der Waals surface area contributed by atoms with Crippen LogP contribution >= 0.6 is 0 Å². The van der Waals surface area contributed by atoms with Crippen molar-refractivity contribution in [3.63, 3.8) is 0 Å². The lowest BCUT2D eigenvalue weighted by atomic mass is 10.2. The summed E-state index contributed by atoms with van der Waals surface area (Å²) in [7, 11) is -3.00. The Hall–Kier alpha value is -1.56. The van der Waals surface area contributed by atoms with Crippen LogP contribution in [0, 0.1) is 0 Å². The van der Waals surface area contributed by atoms with Crippen LogP contribution in [-0.2, 0) is 14.6 Å². The second-order valence-electron chi connectivity index (χ2n) is 4.24. The van der Waals surface area contributed by atoms with E-state index in [9.17, 15) is 13.2 Å². The second kappa shape index (κ2) is 7.13. The molecule has 0 amide bonds. The van der Waals surface area contributed by atoms with Crippen molar-refractivity contribution >= 4 is 21.5 Å². The molecule has 0 aliphatic rings. The van der Waals surface area contributed by atoms with Crippen molar-refractivity contribution in [2.24, 2.45) is 0 Å². The summed E-state index contributed by atoms with van der Waals surface area (Å²) in [6.45, 7) is 1.90. The van der Waals surface area contributed by atoms with E-state index >= 15 is 0 Å². The highest BCUT2D eigenvalue weighted by Gasteiger charge is 2.12. The highest BCUT2D eigenvalue weighted by atomic mass is 32.2. The first-order valence-electron chi connectivity index (χ1n) is 6.17. The van der Waals surface area contributed by atoms with Crippen LogP contribution in [-0.4, -0.2) is 44.1 Å². The Kier molecular flexibility index (Phi) is 5.82. The fraction of sp³-hybridized carbons (Fsp3) is 0.462. The zero-order chi connectivity index (χ0) is 14.3. The second-order valence-corrected chi connectivity index (χ2v) is 6.71. The van der Waals surface area contributed by atoms with E-state index in [1.165, 1.54) is 0 Å². The van der Waals surface area contributed by atoms with Gasteiger partial charge in [-0.1, -0.05) is 25.1 Å². The number of anilines is 1. The monoisotopic (exact) mass is 285 g/mol. The fourth-order valence-electron chi connectivity index (χ4n) is 1.72. The van der Waals surface area contributed by atoms with E-state index in [2.05, 4.69) is 0 Å². The fourth-order valence-corrected chi connectivity index (χ4v) is 2.58. The van der Waals surface area contributed by atoms with Gasteiger partial charge in [0, 0.05) is 18.0 Å². The van der Waals surface area contributed by atoms with E-state index in [0.717, 1.165) is 5.69 Å². The first-order chi connectivity index (χ1) is 8.94. The van der Waals surface area contributed by atoms with Crippen LogP contribution in [0.5, 0.6) is 0 Å². The average molecular weight is 285 g/mol. The van der Waals surface area contributed by atoms with E-state index in [1.807, 2.05) is 30.3 Å². The number of carbonyl (C=O) groups is 1. The van der Waals surface area contributed by atoms with Crippen molar-refractivity contribution < 1.29 is 18.3 Å². The molecule has 0 bridgehead atoms. The lowest BCUT2D eigenvalue weighted by Gasteiger charge is -2.22. The molecule has 106 valence electrons. The molecule has 0 atom stereocenters. The number of carboxylic acid groups (broad SMARTS) is 1. The Morgan fingerprint density at radius 2 is 1.89 bits per heavy atom. The van der Waals surface area contributed by atoms with Crippen LogP contribution in [0.4, 0.5) is 5.69 Å². The van der Waals surface area contributed by atoms with Crippen molar-refractivity contribution in [1.29, 1.82) is 0 Å². The number of carboxylic acids is 1. The maximum Gasteiger partial charge on any atom is 0.323 e. The number of para-hydroxylation sites is 1. The predicted molar refractivity (Wildman–Crippen MR) is 75.2 cm³/mol. The zero-order valence-corrected chi connectivity index (χ0v) is 11.8. The van der Waals surface area contributed by atoms with Gasteiger partial charge in [0.05, 0.1) is 5.75 Å². The van der Waals surface area contributed by atoms with Crippen LogP contribution in [0.1, 0.15) is 13.3 Å². The maximum atomic E-state index is 11.4. The first kappa shape index (κ1) is 15.5. The third kappa shape index (κ3) is 5.74. The third-order valence-electron chi connectivity index (χ3n) is 2.77. The molecule has 6 heteroatoms. The van der Waals surface area contributed by atoms with Gasteiger partial charge in [-0.15, -0.1) is 0 Å². The van der Waals surface area contributed by atoms with Gasteiger partial charge in [0.2, 0.25) is 0 Å². The SMILES string of the molecule is CCS(=O)(=O)CCCN(CC(=O)O)c1ccccc1. The molecule has 0 saturated heterocycles. The summed E-state index contributed by atoms with van der Waals surface area (Å²) in [5.74, 6) is -0.716. The van der Waals surface area contributed by atoms with Gasteiger partial charge in [-0.2, -0.15) is 0 Å². The van der Waals surface area contributed by atoms with Crippen molar-refractivity contribution in [2.75, 3.05) is 29.5 Å². The van der Waals surface area contributed by atoms with Gasteiger partial charge in [0.15, 0.2) is 0 Å². The van der Waals surface area contributed by atoms with Gasteiger partial charge >= 0.3 is 5.97 Å². The molecular formula is C13H19NO4S. The van der Waals surface area contributed by atoms with Crippen molar-refractivity contribution in [2.45, 2.75) is 13.3 Å². The summed E-state index contributed by atoms with van der Waals surface area (Å²) < 4.78 is 22.8. The van der Waals surface area contributed by atoms with Gasteiger partial charge in [-0.25, -0.2) is 8.42 Å². The van der Waals surface area contributed by atoms with Gasteiger partial charge in [-0.05, 0) is 18.6 Å². The molecule has 19 heavy (non-hydrogen) atoms. The van der Waals surface area contributed by atoms with Gasteiger partial charge in [0.1, 0.15) is 16.4 Å². The summed E-state index contributed by atoms with van der Waals surface area (Å²) >= 11 is 0. The van der Waals surface area contributed by atoms with Crippen molar-refractivity contribution in [3.8, 4) is 0 Å². The molecule has 0 aromatic heterocycles. The molecule has 0 fully saturated rings. The van der Waals surface area contributed by atoms with E-state index in [0.29, 0.717) is 13.0 Å². The van der Waals surface area contributed by atoms with E-state index in [1.54, 1.807) is 11.8 Å². The molecule has 1 N–H and O–H groups in total. The molecule has 1 aromatic carbocycles. The van der Waals surface area contributed by atoms with Crippen molar-refractivity contribution in [1.82, 2.24) is 0 Å². The highest BCUT2D eigenvalue weighted by molar-refractivity contribution is 7.91. The van der Waals surface area contributed by atoms with Crippen LogP contribution < -0.4 is 4.90 Å². The van der Waals surface area contributed by atoms with E-state index in [4.69, 9.17) is 5.11 Å². The number of benzene rings is 1. The average Bonchev–Trinajstić information content (AvgIpc) is 2.38. The molecular weight excluding hydrogens is 266 g/mol. The molecule has 5 nitrogen and oxygen atoms in total. The summed E-state index contributed by atoms with van der Waals surface area (Å²) in [6, 6.07) is 9.14. The molecule has 0 radical (unpaired) electrons. The van der Waals surface area contributed by atoms with Crippen LogP contribution in [0.25, 0.3) is 0 Å². The number of hydrogen-bond acceptors (Lipinski definition) is 4. The Morgan fingerprint density at radius 1 is 1.26 bits per heavy atom. The highest BCUT2D eigenvalue weighted by Crippen LogP contribution is 2.13. The van der Waals surface area contributed by atoms with Crippen LogP contribution in [0.3, 0.4) is 0 Å². The molecule has 0 spiro atoms. The van der Waals surface area contributed by atoms with Gasteiger partial charge in [0.25, 0.3) is 0 Å². The third-order valence-corrected chi connectivity index (χ3v) is 4.56. The van der Waals surface area contributed by atoms with Crippen LogP contribution in [0.2, 0.25) is 0 Å². The van der Waals surface area contributed by atoms with E-state index < -0.39 is 15.8 Å². The Balaban J connectivity index is 2.64. The molecule has 0 aliphatic carbocycles. The smallest absolute Gasteiger partial charge is 0.323 e. The first-order valence-corrected chi connectivity index (χ1v) is 7.99. The number of hydrogen-bond donors (Lipinski definition) is 1. The van der Waals surface area contributed by atoms with E-state index in [-0.39, 0.29) is 18.1 Å². The minimum atomic E-state index is -3.00. The molecule has 1 aromatic rings. The van der Waals surface area contributed by atoms with Crippen molar-refractivity contribution in [3.05, 3.63) is 30.3 Å². The largest absolute Gasteiger partial charge is 0.480 e. The minimum Gasteiger partial charge on any atom is -0.480 e. The normalized spacial score (nSPS) is 11.2. The zero-order valence-electron chi connectivity index (χ0n) is 10.9. The number of nitrogens with zero attached hydrogens (tertiary/aromatic N) is 1. The number of aliphatic carboxylic acids is 1. The van der Waals surface area contributed by atoms with Gasteiger partial charge < -0.3 is 10.0 Å². The minimum absolute atomic E-state index is 0.0897.